The number of unbranched alkanes of at least 4 members (excludes halogenated alkanes) is 1. The van der Waals surface area contributed by atoms with Gasteiger partial charge in [0.15, 0.2) is 0 Å². The number of aliphatic hydroxyl groups is 1. The number of carbonyl (C=O) groups excluding carboxylic acids is 1. The Balaban J connectivity index is 2.77. The number of aliphatic hydroxyl groups excluding tert-OH is 1. The number of rotatable bonds is 8. The average Bonchev–Trinajstić information content (AvgIpc) is 2.82. The molecule has 1 aromatic rings. The highest BCUT2D eigenvalue weighted by Crippen LogP contribution is 2.15. The van der Waals surface area contributed by atoms with Crippen LogP contribution in [0.2, 0.25) is 0 Å². The molecule has 102 valence electrons. The zero-order valence-corrected chi connectivity index (χ0v) is 11.9. The molecule has 0 saturated carbocycles. The molecule has 18 heavy (non-hydrogen) atoms. The zero-order chi connectivity index (χ0) is 13.4. The van der Waals surface area contributed by atoms with Gasteiger partial charge in [0.1, 0.15) is 4.88 Å². The molecule has 0 spiro atoms. The largest absolute Gasteiger partial charge is 0.395 e. The van der Waals surface area contributed by atoms with Gasteiger partial charge in [0.25, 0.3) is 5.91 Å². The Morgan fingerprint density at radius 2 is 2.11 bits per heavy atom. The van der Waals surface area contributed by atoms with Gasteiger partial charge in [0, 0.05) is 13.1 Å². The highest BCUT2D eigenvalue weighted by atomic mass is 32.1. The molecule has 1 amide bonds. The normalized spacial score (nSPS) is 10.6. The summed E-state index contributed by atoms with van der Waals surface area (Å²) in [5.74, 6) is -0.0454. The fraction of sp³-hybridized carbons (Fsp3) is 0.750. The fourth-order valence-electron chi connectivity index (χ4n) is 1.70. The van der Waals surface area contributed by atoms with Crippen LogP contribution in [0.3, 0.4) is 0 Å². The number of hydrogen-bond donors (Lipinski definition) is 1. The number of aromatic nitrogens is 2. The maximum Gasteiger partial charge on any atom is 0.267 e. The Bertz CT molecular complexity index is 368. The molecule has 1 heterocycles. The lowest BCUT2D eigenvalue weighted by molar-refractivity contribution is 0.0723. The third kappa shape index (κ3) is 4.03. The van der Waals surface area contributed by atoms with Crippen molar-refractivity contribution in [1.82, 2.24) is 14.5 Å². The van der Waals surface area contributed by atoms with Crippen molar-refractivity contribution < 1.29 is 9.90 Å². The van der Waals surface area contributed by atoms with E-state index in [9.17, 15) is 4.79 Å². The zero-order valence-electron chi connectivity index (χ0n) is 11.1. The Morgan fingerprint density at radius 1 is 1.33 bits per heavy atom. The first-order valence-electron chi connectivity index (χ1n) is 6.45. The third-order valence-electron chi connectivity index (χ3n) is 2.68. The van der Waals surface area contributed by atoms with Crippen molar-refractivity contribution in [3.63, 3.8) is 0 Å². The lowest BCUT2D eigenvalue weighted by atomic mass is 10.2. The minimum atomic E-state index is -0.0454. The molecule has 0 atom stereocenters. The van der Waals surface area contributed by atoms with Gasteiger partial charge in [-0.1, -0.05) is 31.2 Å². The number of amides is 1. The van der Waals surface area contributed by atoms with E-state index in [1.54, 1.807) is 4.90 Å². The predicted molar refractivity (Wildman–Crippen MR) is 71.8 cm³/mol. The lowest BCUT2D eigenvalue weighted by Crippen LogP contribution is -2.34. The Hall–Kier alpha value is -1.01. The third-order valence-corrected chi connectivity index (χ3v) is 3.43. The number of hydrogen-bond acceptors (Lipinski definition) is 5. The van der Waals surface area contributed by atoms with Crippen molar-refractivity contribution in [2.45, 2.75) is 39.5 Å². The van der Waals surface area contributed by atoms with Crippen LogP contribution in [-0.2, 0) is 6.42 Å². The van der Waals surface area contributed by atoms with Gasteiger partial charge in [-0.25, -0.2) is 0 Å². The van der Waals surface area contributed by atoms with E-state index in [0.29, 0.717) is 18.0 Å². The first kappa shape index (κ1) is 15.0. The molecule has 1 rings (SSSR count). The van der Waals surface area contributed by atoms with Crippen LogP contribution in [0.5, 0.6) is 0 Å². The maximum absolute atomic E-state index is 12.3. The summed E-state index contributed by atoms with van der Waals surface area (Å²) in [6.07, 6.45) is 3.69. The topological polar surface area (TPSA) is 66.3 Å². The van der Waals surface area contributed by atoms with Crippen molar-refractivity contribution >= 4 is 17.4 Å². The fourth-order valence-corrected chi connectivity index (χ4v) is 2.38. The van der Waals surface area contributed by atoms with Crippen molar-refractivity contribution in [3.05, 3.63) is 10.6 Å². The lowest BCUT2D eigenvalue weighted by Gasteiger charge is -2.20. The maximum atomic E-state index is 12.3. The van der Waals surface area contributed by atoms with Gasteiger partial charge in [0.2, 0.25) is 0 Å². The van der Waals surface area contributed by atoms with Gasteiger partial charge < -0.3 is 10.0 Å². The summed E-state index contributed by atoms with van der Waals surface area (Å²) < 4.78 is 3.87. The molecule has 5 nitrogen and oxygen atoms in total. The predicted octanol–water partition coefficient (Wildman–Crippen LogP) is 1.73. The van der Waals surface area contributed by atoms with E-state index >= 15 is 0 Å². The van der Waals surface area contributed by atoms with Crippen molar-refractivity contribution in [3.8, 4) is 0 Å². The highest BCUT2D eigenvalue weighted by Gasteiger charge is 2.21. The first-order chi connectivity index (χ1) is 8.74. The van der Waals surface area contributed by atoms with Crippen LogP contribution in [0, 0.1) is 0 Å². The Kier molecular flexibility index (Phi) is 6.82. The van der Waals surface area contributed by atoms with Gasteiger partial charge in [-0.2, -0.15) is 0 Å². The molecule has 0 aromatic carbocycles. The van der Waals surface area contributed by atoms with Crippen LogP contribution >= 0.6 is 11.5 Å². The van der Waals surface area contributed by atoms with E-state index in [1.807, 2.05) is 0 Å². The minimum Gasteiger partial charge on any atom is -0.395 e. The molecule has 1 N–H and O–H groups in total. The summed E-state index contributed by atoms with van der Waals surface area (Å²) >= 11 is 1.15. The molecule has 0 aliphatic heterocycles. The number of nitrogens with zero attached hydrogens (tertiary/aromatic N) is 3. The van der Waals surface area contributed by atoms with E-state index in [4.69, 9.17) is 5.11 Å². The molecule has 1 aromatic heterocycles. The summed E-state index contributed by atoms with van der Waals surface area (Å²) in [7, 11) is 0. The quantitative estimate of drug-likeness (QED) is 0.782. The summed E-state index contributed by atoms with van der Waals surface area (Å²) in [6.45, 7) is 5.18. The van der Waals surface area contributed by atoms with Gasteiger partial charge in [-0.15, -0.1) is 5.10 Å². The second-order valence-corrected chi connectivity index (χ2v) is 4.92. The first-order valence-corrected chi connectivity index (χ1v) is 7.23. The average molecular weight is 271 g/mol. The summed E-state index contributed by atoms with van der Waals surface area (Å²) in [6, 6.07) is 0. The summed E-state index contributed by atoms with van der Waals surface area (Å²) in [4.78, 5) is 14.7. The summed E-state index contributed by atoms with van der Waals surface area (Å²) in [5, 5.41) is 13.0. The molecule has 0 fully saturated rings. The van der Waals surface area contributed by atoms with Crippen molar-refractivity contribution in [2.75, 3.05) is 19.7 Å². The van der Waals surface area contributed by atoms with Crippen LogP contribution in [0.1, 0.15) is 48.5 Å². The molecule has 6 heteroatoms. The Labute approximate surface area is 112 Å². The minimum absolute atomic E-state index is 0.00913. The molecule has 0 radical (unpaired) electrons. The second-order valence-electron chi connectivity index (χ2n) is 4.17. The van der Waals surface area contributed by atoms with Crippen LogP contribution in [0.15, 0.2) is 0 Å². The smallest absolute Gasteiger partial charge is 0.267 e. The van der Waals surface area contributed by atoms with Crippen LogP contribution in [0.4, 0.5) is 0 Å². The van der Waals surface area contributed by atoms with E-state index < -0.39 is 0 Å². The van der Waals surface area contributed by atoms with E-state index in [0.717, 1.165) is 42.9 Å². The van der Waals surface area contributed by atoms with Crippen molar-refractivity contribution in [2.24, 2.45) is 0 Å². The van der Waals surface area contributed by atoms with Crippen LogP contribution in [0.25, 0.3) is 0 Å². The molecule has 0 bridgehead atoms. The number of aryl methyl sites for hydroxylation is 1. The second kappa shape index (κ2) is 8.16. The molecule has 0 unspecified atom stereocenters. The van der Waals surface area contributed by atoms with E-state index in [1.165, 1.54) is 0 Å². The molecule has 0 aliphatic rings. The molecular formula is C12H21N3O2S. The van der Waals surface area contributed by atoms with E-state index in [2.05, 4.69) is 23.4 Å². The SMILES string of the molecule is CCCCN(CCO)C(=O)c1snnc1CCC. The Morgan fingerprint density at radius 3 is 2.72 bits per heavy atom. The van der Waals surface area contributed by atoms with Gasteiger partial charge >= 0.3 is 0 Å². The highest BCUT2D eigenvalue weighted by molar-refractivity contribution is 7.08. The van der Waals surface area contributed by atoms with E-state index in [-0.39, 0.29) is 12.5 Å². The van der Waals surface area contributed by atoms with Gasteiger partial charge in [0.05, 0.1) is 12.3 Å². The molecular weight excluding hydrogens is 250 g/mol. The number of carbonyl (C=O) groups is 1. The van der Waals surface area contributed by atoms with Crippen LogP contribution in [-0.4, -0.2) is 45.2 Å². The van der Waals surface area contributed by atoms with Crippen molar-refractivity contribution in [1.29, 1.82) is 0 Å². The van der Waals surface area contributed by atoms with Gasteiger partial charge in [-0.05, 0) is 24.4 Å². The molecule has 0 aliphatic carbocycles. The van der Waals surface area contributed by atoms with Gasteiger partial charge in [-0.3, -0.25) is 4.79 Å². The summed E-state index contributed by atoms with van der Waals surface area (Å²) in [5.41, 5.74) is 0.784. The standard InChI is InChI=1S/C12H21N3O2S/c1-3-5-7-15(8-9-16)12(17)11-10(6-4-2)13-14-18-11/h16H,3-9H2,1-2H3. The monoisotopic (exact) mass is 271 g/mol. The molecule has 0 saturated heterocycles. The van der Waals surface area contributed by atoms with Crippen LogP contribution < -0.4 is 0 Å².